The van der Waals surface area contributed by atoms with Crippen LogP contribution in [0.4, 0.5) is 10.1 Å². The molecule has 2 aromatic rings. The van der Waals surface area contributed by atoms with Crippen molar-refractivity contribution in [3.05, 3.63) is 47.0 Å². The zero-order chi connectivity index (χ0) is 23.0. The molecule has 3 amide bonds. The smallest absolute Gasteiger partial charge is 0.276 e. The minimum atomic E-state index is -1.12. The Morgan fingerprint density at radius 3 is 2.59 bits per heavy atom. The molecular weight excluding hydrogens is 413 g/mol. The van der Waals surface area contributed by atoms with E-state index in [1.165, 1.54) is 40.3 Å². The number of likely N-dealkylation sites (N-methyl/N-ethyl adjacent to an activating group) is 1. The minimum absolute atomic E-state index is 0.0578. The van der Waals surface area contributed by atoms with Gasteiger partial charge in [-0.25, -0.2) is 4.39 Å². The fourth-order valence-corrected chi connectivity index (χ4v) is 4.38. The number of anilines is 1. The number of amides is 3. The highest BCUT2D eigenvalue weighted by Crippen LogP contribution is 2.27. The topological polar surface area (TPSA) is 96.3 Å². The van der Waals surface area contributed by atoms with Gasteiger partial charge in [0.25, 0.3) is 11.8 Å². The lowest BCUT2D eigenvalue weighted by Crippen LogP contribution is -2.63. The SMILES string of the molecule is Cc1cc(F)ccc1NC(=O)c1cc2n(n1)C[C@](C)(C(=O)NC1CCCCC1)N(C)C2=O. The van der Waals surface area contributed by atoms with Crippen molar-refractivity contribution in [3.63, 3.8) is 0 Å². The molecule has 9 heteroatoms. The number of halogens is 1. The van der Waals surface area contributed by atoms with E-state index in [0.717, 1.165) is 25.7 Å². The molecule has 32 heavy (non-hydrogen) atoms. The summed E-state index contributed by atoms with van der Waals surface area (Å²) in [4.78, 5) is 40.3. The number of nitrogens with one attached hydrogen (secondary N) is 2. The van der Waals surface area contributed by atoms with Crippen LogP contribution in [0, 0.1) is 12.7 Å². The lowest BCUT2D eigenvalue weighted by molar-refractivity contribution is -0.133. The Hall–Kier alpha value is -3.23. The summed E-state index contributed by atoms with van der Waals surface area (Å²) in [6.45, 7) is 3.55. The molecule has 0 unspecified atom stereocenters. The van der Waals surface area contributed by atoms with Gasteiger partial charge >= 0.3 is 0 Å². The third kappa shape index (κ3) is 3.99. The standard InChI is InChI=1S/C23H28FN5O3/c1-14-11-15(24)9-10-17(14)26-20(30)18-12-19-21(31)28(3)23(2,13-29(19)27-18)22(32)25-16-7-5-4-6-8-16/h9-12,16H,4-8,13H2,1-3H3,(H,25,32)(H,26,30)/t23-/m1/s1. The molecule has 0 radical (unpaired) electrons. The predicted molar refractivity (Wildman–Crippen MR) is 117 cm³/mol. The van der Waals surface area contributed by atoms with E-state index in [-0.39, 0.29) is 35.8 Å². The van der Waals surface area contributed by atoms with E-state index in [0.29, 0.717) is 11.3 Å². The van der Waals surface area contributed by atoms with Crippen LogP contribution < -0.4 is 10.6 Å². The van der Waals surface area contributed by atoms with Gasteiger partial charge in [0.1, 0.15) is 17.1 Å². The molecule has 1 atom stereocenters. The first-order valence-electron chi connectivity index (χ1n) is 10.9. The van der Waals surface area contributed by atoms with E-state index in [2.05, 4.69) is 15.7 Å². The fraction of sp³-hybridized carbons (Fsp3) is 0.478. The van der Waals surface area contributed by atoms with Crippen LogP contribution in [0.3, 0.4) is 0 Å². The van der Waals surface area contributed by atoms with Crippen LogP contribution in [0.5, 0.6) is 0 Å². The van der Waals surface area contributed by atoms with Gasteiger partial charge in [0.15, 0.2) is 5.69 Å². The van der Waals surface area contributed by atoms with Crippen LogP contribution in [-0.4, -0.2) is 51.0 Å². The van der Waals surface area contributed by atoms with Gasteiger partial charge in [-0.05, 0) is 50.5 Å². The summed E-state index contributed by atoms with van der Waals surface area (Å²) in [5, 5.41) is 10.1. The molecule has 0 bridgehead atoms. The monoisotopic (exact) mass is 441 g/mol. The largest absolute Gasteiger partial charge is 0.351 e. The number of carbonyl (C=O) groups excluding carboxylic acids is 3. The molecule has 1 aromatic heterocycles. The average molecular weight is 442 g/mol. The highest BCUT2D eigenvalue weighted by molar-refractivity contribution is 6.06. The number of hydrogen-bond donors (Lipinski definition) is 2. The number of rotatable bonds is 4. The Morgan fingerprint density at radius 1 is 1.19 bits per heavy atom. The second kappa shape index (κ2) is 8.37. The maximum atomic E-state index is 13.3. The molecule has 8 nitrogen and oxygen atoms in total. The van der Waals surface area contributed by atoms with E-state index in [1.807, 2.05) is 0 Å². The van der Waals surface area contributed by atoms with Crippen molar-refractivity contribution in [2.24, 2.45) is 0 Å². The molecule has 1 aliphatic heterocycles. The first kappa shape index (κ1) is 22.0. The first-order chi connectivity index (χ1) is 15.2. The molecule has 0 saturated heterocycles. The molecular formula is C23H28FN5O3. The van der Waals surface area contributed by atoms with Crippen molar-refractivity contribution in [3.8, 4) is 0 Å². The number of fused-ring (bicyclic) bond motifs is 1. The summed E-state index contributed by atoms with van der Waals surface area (Å²) in [6, 6.07) is 5.60. The third-order valence-corrected chi connectivity index (χ3v) is 6.60. The van der Waals surface area contributed by atoms with E-state index in [1.54, 1.807) is 20.9 Å². The molecule has 1 aliphatic carbocycles. The van der Waals surface area contributed by atoms with E-state index in [4.69, 9.17) is 0 Å². The molecule has 2 N–H and O–H groups in total. The normalized spacial score (nSPS) is 21.2. The first-order valence-corrected chi connectivity index (χ1v) is 10.9. The molecule has 170 valence electrons. The van der Waals surface area contributed by atoms with Crippen molar-refractivity contribution >= 4 is 23.4 Å². The van der Waals surface area contributed by atoms with Crippen molar-refractivity contribution in [1.29, 1.82) is 0 Å². The molecule has 2 heterocycles. The van der Waals surface area contributed by atoms with Crippen LogP contribution in [0.2, 0.25) is 0 Å². The van der Waals surface area contributed by atoms with Gasteiger partial charge in [0.05, 0.1) is 6.54 Å². The molecule has 0 spiro atoms. The van der Waals surface area contributed by atoms with Gasteiger partial charge in [-0.3, -0.25) is 19.1 Å². The summed E-state index contributed by atoms with van der Waals surface area (Å²) >= 11 is 0. The maximum Gasteiger partial charge on any atom is 0.276 e. The van der Waals surface area contributed by atoms with Gasteiger partial charge in [-0.1, -0.05) is 19.3 Å². The Labute approximate surface area is 186 Å². The highest BCUT2D eigenvalue weighted by Gasteiger charge is 2.46. The van der Waals surface area contributed by atoms with Crippen molar-refractivity contribution in [2.75, 3.05) is 12.4 Å². The number of aromatic nitrogens is 2. The van der Waals surface area contributed by atoms with Gasteiger partial charge < -0.3 is 15.5 Å². The summed E-state index contributed by atoms with van der Waals surface area (Å²) in [5.74, 6) is -1.49. The molecule has 2 aliphatic rings. The summed E-state index contributed by atoms with van der Waals surface area (Å²) in [7, 11) is 1.60. The van der Waals surface area contributed by atoms with Gasteiger partial charge in [0.2, 0.25) is 5.91 Å². The van der Waals surface area contributed by atoms with Crippen molar-refractivity contribution < 1.29 is 18.8 Å². The maximum absolute atomic E-state index is 13.3. The van der Waals surface area contributed by atoms with Gasteiger partial charge in [-0.15, -0.1) is 0 Å². The van der Waals surface area contributed by atoms with Crippen LogP contribution in [0.25, 0.3) is 0 Å². The molecule has 1 fully saturated rings. The lowest BCUT2D eigenvalue weighted by Gasteiger charge is -2.41. The van der Waals surface area contributed by atoms with Gasteiger partial charge in [0, 0.05) is 24.8 Å². The average Bonchev–Trinajstić information content (AvgIpc) is 3.18. The van der Waals surface area contributed by atoms with E-state index < -0.39 is 17.3 Å². The van der Waals surface area contributed by atoms with Crippen LogP contribution in [-0.2, 0) is 11.3 Å². The molecule has 4 rings (SSSR count). The number of nitrogens with zero attached hydrogens (tertiary/aromatic N) is 3. The van der Waals surface area contributed by atoms with Crippen LogP contribution in [0.1, 0.15) is 65.6 Å². The van der Waals surface area contributed by atoms with Crippen LogP contribution >= 0.6 is 0 Å². The van der Waals surface area contributed by atoms with Crippen molar-refractivity contribution in [2.45, 2.75) is 64.1 Å². The third-order valence-electron chi connectivity index (χ3n) is 6.60. The second-order valence-corrected chi connectivity index (χ2v) is 8.93. The number of hydrogen-bond acceptors (Lipinski definition) is 4. The Balaban J connectivity index is 1.54. The number of aryl methyl sites for hydroxylation is 1. The zero-order valence-corrected chi connectivity index (χ0v) is 18.6. The molecule has 1 saturated carbocycles. The Bertz CT molecular complexity index is 1080. The Morgan fingerprint density at radius 2 is 1.91 bits per heavy atom. The Kier molecular flexibility index (Phi) is 5.75. The number of benzene rings is 1. The lowest BCUT2D eigenvalue weighted by atomic mass is 9.92. The van der Waals surface area contributed by atoms with Crippen LogP contribution in [0.15, 0.2) is 24.3 Å². The van der Waals surface area contributed by atoms with E-state index in [9.17, 15) is 18.8 Å². The zero-order valence-electron chi connectivity index (χ0n) is 18.6. The highest BCUT2D eigenvalue weighted by atomic mass is 19.1. The summed E-state index contributed by atoms with van der Waals surface area (Å²) in [6.07, 6.45) is 5.25. The number of carbonyl (C=O) groups is 3. The summed E-state index contributed by atoms with van der Waals surface area (Å²) in [5.41, 5.74) is 0.223. The minimum Gasteiger partial charge on any atom is -0.351 e. The van der Waals surface area contributed by atoms with E-state index >= 15 is 0 Å². The quantitative estimate of drug-likeness (QED) is 0.763. The molecule has 1 aromatic carbocycles. The van der Waals surface area contributed by atoms with Gasteiger partial charge in [-0.2, -0.15) is 5.10 Å². The second-order valence-electron chi connectivity index (χ2n) is 8.93. The summed E-state index contributed by atoms with van der Waals surface area (Å²) < 4.78 is 14.8. The fourth-order valence-electron chi connectivity index (χ4n) is 4.38. The van der Waals surface area contributed by atoms with Crippen molar-refractivity contribution in [1.82, 2.24) is 20.0 Å². The predicted octanol–water partition coefficient (Wildman–Crippen LogP) is 2.88.